The third-order valence-electron chi connectivity index (χ3n) is 2.88. The quantitative estimate of drug-likeness (QED) is 0.396. The van der Waals surface area contributed by atoms with E-state index in [1.54, 1.807) is 7.11 Å². The summed E-state index contributed by atoms with van der Waals surface area (Å²) in [4.78, 5) is 0. The Labute approximate surface area is 109 Å². The van der Waals surface area contributed by atoms with Crippen LogP contribution in [-0.4, -0.2) is 33.0 Å². The highest BCUT2D eigenvalue weighted by molar-refractivity contribution is 5.22. The van der Waals surface area contributed by atoms with Gasteiger partial charge < -0.3 is 9.47 Å². The molecule has 1 aromatic rings. The predicted octanol–water partition coefficient (Wildman–Crippen LogP) is 1.42. The number of aryl methyl sites for hydroxylation is 1. The van der Waals surface area contributed by atoms with Crippen LogP contribution in [0.4, 0.5) is 0 Å². The predicted molar refractivity (Wildman–Crippen MR) is 73.3 cm³/mol. The minimum Gasteiger partial charge on any atom is -0.382 e. The first-order valence-electron chi connectivity index (χ1n) is 6.34. The Kier molecular flexibility index (Phi) is 7.60. The zero-order chi connectivity index (χ0) is 13.2. The van der Waals surface area contributed by atoms with E-state index in [-0.39, 0.29) is 6.04 Å². The number of nitrogens with two attached hydrogens (primary N) is 1. The summed E-state index contributed by atoms with van der Waals surface area (Å²) in [7, 11) is 1.67. The lowest BCUT2D eigenvalue weighted by Gasteiger charge is -2.16. The van der Waals surface area contributed by atoms with Gasteiger partial charge in [0.25, 0.3) is 0 Å². The maximum absolute atomic E-state index is 5.56. The lowest BCUT2D eigenvalue weighted by Crippen LogP contribution is -2.37. The van der Waals surface area contributed by atoms with Crippen LogP contribution in [0.2, 0.25) is 0 Å². The minimum absolute atomic E-state index is 0.246. The van der Waals surface area contributed by atoms with Gasteiger partial charge in [-0.2, -0.15) is 0 Å². The molecule has 0 spiro atoms. The molecule has 1 atom stereocenters. The van der Waals surface area contributed by atoms with Crippen LogP contribution in [0.1, 0.15) is 17.5 Å². The van der Waals surface area contributed by atoms with Crippen molar-refractivity contribution in [2.75, 3.05) is 26.9 Å². The van der Waals surface area contributed by atoms with Crippen molar-refractivity contribution >= 4 is 0 Å². The van der Waals surface area contributed by atoms with Crippen molar-refractivity contribution in [3.63, 3.8) is 0 Å². The van der Waals surface area contributed by atoms with Crippen LogP contribution < -0.4 is 11.3 Å². The molecule has 0 saturated carbocycles. The molecule has 4 nitrogen and oxygen atoms in total. The van der Waals surface area contributed by atoms with Crippen LogP contribution >= 0.6 is 0 Å². The van der Waals surface area contributed by atoms with E-state index in [4.69, 9.17) is 15.3 Å². The fraction of sp³-hybridized carbons (Fsp3) is 0.571. The lowest BCUT2D eigenvalue weighted by molar-refractivity contribution is 0.0658. The number of nitrogens with one attached hydrogen (secondary N) is 1. The summed E-state index contributed by atoms with van der Waals surface area (Å²) in [5.74, 6) is 5.56. The van der Waals surface area contributed by atoms with E-state index in [1.807, 2.05) is 0 Å². The Hall–Kier alpha value is -0.940. The third kappa shape index (κ3) is 6.12. The summed E-state index contributed by atoms with van der Waals surface area (Å²) < 4.78 is 10.4. The normalized spacial score (nSPS) is 12.6. The topological polar surface area (TPSA) is 56.5 Å². The number of ether oxygens (including phenoxy) is 2. The average Bonchev–Trinajstić information content (AvgIpc) is 2.39. The molecule has 0 amide bonds. The van der Waals surface area contributed by atoms with Gasteiger partial charge in [0, 0.05) is 19.8 Å². The first-order chi connectivity index (χ1) is 8.76. The molecule has 0 heterocycles. The summed E-state index contributed by atoms with van der Waals surface area (Å²) in [6.07, 6.45) is 1.82. The molecule has 0 aromatic heterocycles. The number of benzene rings is 1. The summed E-state index contributed by atoms with van der Waals surface area (Å²) in [6.45, 7) is 4.06. The van der Waals surface area contributed by atoms with Crippen LogP contribution in [0.15, 0.2) is 24.3 Å². The van der Waals surface area contributed by atoms with Crippen molar-refractivity contribution in [3.05, 3.63) is 35.4 Å². The molecule has 102 valence electrons. The summed E-state index contributed by atoms with van der Waals surface area (Å²) in [5, 5.41) is 0. The average molecular weight is 252 g/mol. The molecular weight excluding hydrogens is 228 g/mol. The van der Waals surface area contributed by atoms with Crippen molar-refractivity contribution in [1.29, 1.82) is 0 Å². The number of hydrogen-bond donors (Lipinski definition) is 2. The number of hydrogen-bond acceptors (Lipinski definition) is 4. The molecule has 0 aliphatic carbocycles. The molecular formula is C14H24N2O2. The zero-order valence-electron chi connectivity index (χ0n) is 11.3. The van der Waals surface area contributed by atoms with E-state index in [1.165, 1.54) is 11.1 Å². The molecule has 0 aliphatic rings. The van der Waals surface area contributed by atoms with Crippen LogP contribution in [0.3, 0.4) is 0 Å². The molecule has 0 radical (unpaired) electrons. The Morgan fingerprint density at radius 2 is 1.89 bits per heavy atom. The standard InChI is InChI=1S/C14H24N2O2/c1-12-3-5-13(6-4-12)11-14(16-15)7-8-18-10-9-17-2/h3-6,14,16H,7-11,15H2,1-2H3. The molecule has 1 aromatic carbocycles. The van der Waals surface area contributed by atoms with Gasteiger partial charge in [-0.3, -0.25) is 11.3 Å². The first kappa shape index (κ1) is 15.1. The van der Waals surface area contributed by atoms with Crippen molar-refractivity contribution in [2.24, 2.45) is 5.84 Å². The molecule has 1 unspecified atom stereocenters. The SMILES string of the molecule is COCCOCCC(Cc1ccc(C)cc1)NN. The van der Waals surface area contributed by atoms with Gasteiger partial charge in [0.15, 0.2) is 0 Å². The molecule has 0 bridgehead atoms. The number of hydrazine groups is 1. The molecule has 3 N–H and O–H groups in total. The van der Waals surface area contributed by atoms with Crippen LogP contribution in [0.25, 0.3) is 0 Å². The molecule has 0 aliphatic heterocycles. The molecule has 1 rings (SSSR count). The van der Waals surface area contributed by atoms with Crippen molar-refractivity contribution in [2.45, 2.75) is 25.8 Å². The largest absolute Gasteiger partial charge is 0.382 e. The van der Waals surface area contributed by atoms with Crippen LogP contribution in [-0.2, 0) is 15.9 Å². The fourth-order valence-electron chi connectivity index (χ4n) is 1.72. The minimum atomic E-state index is 0.246. The highest BCUT2D eigenvalue weighted by atomic mass is 16.5. The third-order valence-corrected chi connectivity index (χ3v) is 2.88. The lowest BCUT2D eigenvalue weighted by atomic mass is 10.0. The smallest absolute Gasteiger partial charge is 0.0700 e. The van der Waals surface area contributed by atoms with Gasteiger partial charge in [-0.1, -0.05) is 29.8 Å². The monoisotopic (exact) mass is 252 g/mol. The van der Waals surface area contributed by atoms with Crippen molar-refractivity contribution in [1.82, 2.24) is 5.43 Å². The van der Waals surface area contributed by atoms with E-state index in [2.05, 4.69) is 36.6 Å². The van der Waals surface area contributed by atoms with E-state index in [0.717, 1.165) is 12.8 Å². The first-order valence-corrected chi connectivity index (χ1v) is 6.34. The van der Waals surface area contributed by atoms with E-state index < -0.39 is 0 Å². The summed E-state index contributed by atoms with van der Waals surface area (Å²) in [6, 6.07) is 8.78. The number of methoxy groups -OCH3 is 1. The van der Waals surface area contributed by atoms with Crippen LogP contribution in [0, 0.1) is 6.92 Å². The second kappa shape index (κ2) is 9.05. The molecule has 18 heavy (non-hydrogen) atoms. The maximum Gasteiger partial charge on any atom is 0.0700 e. The van der Waals surface area contributed by atoms with Gasteiger partial charge in [-0.15, -0.1) is 0 Å². The van der Waals surface area contributed by atoms with Crippen molar-refractivity contribution in [3.8, 4) is 0 Å². The van der Waals surface area contributed by atoms with Gasteiger partial charge >= 0.3 is 0 Å². The second-order valence-corrected chi connectivity index (χ2v) is 4.45. The molecule has 0 saturated heterocycles. The number of rotatable bonds is 9. The van der Waals surface area contributed by atoms with Gasteiger partial charge in [0.05, 0.1) is 13.2 Å². The van der Waals surface area contributed by atoms with E-state index in [9.17, 15) is 0 Å². The Morgan fingerprint density at radius 1 is 1.17 bits per heavy atom. The highest BCUT2D eigenvalue weighted by Crippen LogP contribution is 2.07. The zero-order valence-corrected chi connectivity index (χ0v) is 11.3. The fourth-order valence-corrected chi connectivity index (χ4v) is 1.72. The van der Waals surface area contributed by atoms with Gasteiger partial charge in [-0.25, -0.2) is 0 Å². The van der Waals surface area contributed by atoms with Gasteiger partial charge in [-0.05, 0) is 25.3 Å². The summed E-state index contributed by atoms with van der Waals surface area (Å²) in [5.41, 5.74) is 5.41. The Bertz CT molecular complexity index is 314. The van der Waals surface area contributed by atoms with Gasteiger partial charge in [0.2, 0.25) is 0 Å². The van der Waals surface area contributed by atoms with E-state index in [0.29, 0.717) is 19.8 Å². The molecule has 0 fully saturated rings. The Morgan fingerprint density at radius 3 is 2.50 bits per heavy atom. The maximum atomic E-state index is 5.56. The Balaban J connectivity index is 2.26. The van der Waals surface area contributed by atoms with Crippen LogP contribution in [0.5, 0.6) is 0 Å². The van der Waals surface area contributed by atoms with E-state index >= 15 is 0 Å². The van der Waals surface area contributed by atoms with Crippen molar-refractivity contribution < 1.29 is 9.47 Å². The highest BCUT2D eigenvalue weighted by Gasteiger charge is 2.07. The summed E-state index contributed by atoms with van der Waals surface area (Å²) >= 11 is 0. The molecule has 4 heteroatoms. The van der Waals surface area contributed by atoms with Gasteiger partial charge in [0.1, 0.15) is 0 Å². The second-order valence-electron chi connectivity index (χ2n) is 4.45.